The lowest BCUT2D eigenvalue weighted by atomic mass is 9.96. The lowest BCUT2D eigenvalue weighted by Crippen LogP contribution is -2.40. The van der Waals surface area contributed by atoms with Gasteiger partial charge < -0.3 is 9.84 Å². The number of carbonyl (C=O) groups is 1. The molecule has 1 aliphatic heterocycles. The average Bonchev–Trinajstić information content (AvgIpc) is 3.27. The number of piperidine rings is 1. The van der Waals surface area contributed by atoms with Crippen molar-refractivity contribution in [1.82, 2.24) is 20.4 Å². The van der Waals surface area contributed by atoms with Gasteiger partial charge in [0.15, 0.2) is 0 Å². The Balaban J connectivity index is 1.17. The SMILES string of the molecule is O=C(NCCSc1ccccc1)C1CCN(Cc2nc(-c3ccc(Br)cc3)no2)CC1. The quantitative estimate of drug-likeness (QED) is 0.359. The number of benzene rings is 2. The van der Waals surface area contributed by atoms with Crippen molar-refractivity contribution in [2.75, 3.05) is 25.4 Å². The van der Waals surface area contributed by atoms with E-state index in [1.807, 2.05) is 42.5 Å². The minimum absolute atomic E-state index is 0.0824. The standard InChI is InChI=1S/C23H25BrN4O2S/c24-19-8-6-17(7-9-19)22-26-21(30-27-22)16-28-13-10-18(11-14-28)23(29)25-12-15-31-20-4-2-1-3-5-20/h1-9,18H,10-16H2,(H,25,29). The zero-order valence-electron chi connectivity index (χ0n) is 17.2. The first-order valence-corrected chi connectivity index (χ1v) is 12.2. The molecule has 162 valence electrons. The van der Waals surface area contributed by atoms with Crippen LogP contribution in [0.3, 0.4) is 0 Å². The van der Waals surface area contributed by atoms with Crippen molar-refractivity contribution in [3.63, 3.8) is 0 Å². The fourth-order valence-corrected chi connectivity index (χ4v) is 4.64. The van der Waals surface area contributed by atoms with Crippen LogP contribution in [-0.4, -0.2) is 46.3 Å². The number of hydrogen-bond donors (Lipinski definition) is 1. The van der Waals surface area contributed by atoms with E-state index in [4.69, 9.17) is 4.52 Å². The van der Waals surface area contributed by atoms with E-state index in [9.17, 15) is 4.79 Å². The van der Waals surface area contributed by atoms with E-state index in [1.54, 1.807) is 11.8 Å². The number of aromatic nitrogens is 2. The molecule has 6 nitrogen and oxygen atoms in total. The number of amides is 1. The predicted molar refractivity (Wildman–Crippen MR) is 126 cm³/mol. The second kappa shape index (κ2) is 10.9. The summed E-state index contributed by atoms with van der Waals surface area (Å²) in [5.74, 6) is 2.35. The number of rotatable bonds is 8. The highest BCUT2D eigenvalue weighted by molar-refractivity contribution is 9.10. The molecule has 31 heavy (non-hydrogen) atoms. The monoisotopic (exact) mass is 500 g/mol. The highest BCUT2D eigenvalue weighted by Gasteiger charge is 2.25. The van der Waals surface area contributed by atoms with Crippen LogP contribution in [0.25, 0.3) is 11.4 Å². The molecule has 1 fully saturated rings. The molecule has 0 unspecified atom stereocenters. The maximum absolute atomic E-state index is 12.5. The van der Waals surface area contributed by atoms with Crippen LogP contribution in [0.5, 0.6) is 0 Å². The van der Waals surface area contributed by atoms with Gasteiger partial charge in [-0.15, -0.1) is 11.8 Å². The minimum atomic E-state index is 0.0824. The van der Waals surface area contributed by atoms with Crippen LogP contribution < -0.4 is 5.32 Å². The summed E-state index contributed by atoms with van der Waals surface area (Å²) in [6.45, 7) is 3.02. The Morgan fingerprint density at radius 1 is 1.13 bits per heavy atom. The average molecular weight is 501 g/mol. The molecule has 0 radical (unpaired) electrons. The smallest absolute Gasteiger partial charge is 0.241 e. The van der Waals surface area contributed by atoms with Crippen LogP contribution in [-0.2, 0) is 11.3 Å². The zero-order valence-corrected chi connectivity index (χ0v) is 19.6. The summed E-state index contributed by atoms with van der Waals surface area (Å²) >= 11 is 5.19. The van der Waals surface area contributed by atoms with Gasteiger partial charge in [-0.2, -0.15) is 4.98 Å². The van der Waals surface area contributed by atoms with Gasteiger partial charge in [0, 0.05) is 33.1 Å². The molecule has 0 atom stereocenters. The molecule has 1 N–H and O–H groups in total. The summed E-state index contributed by atoms with van der Waals surface area (Å²) in [7, 11) is 0. The van der Waals surface area contributed by atoms with Gasteiger partial charge in [0.1, 0.15) is 0 Å². The predicted octanol–water partition coefficient (Wildman–Crippen LogP) is 4.62. The first-order chi connectivity index (χ1) is 15.2. The molecule has 0 saturated carbocycles. The summed E-state index contributed by atoms with van der Waals surface area (Å²) < 4.78 is 6.45. The van der Waals surface area contributed by atoms with Gasteiger partial charge in [-0.3, -0.25) is 9.69 Å². The van der Waals surface area contributed by atoms with E-state index in [0.717, 1.165) is 41.7 Å². The number of nitrogens with zero attached hydrogens (tertiary/aromatic N) is 3. The van der Waals surface area contributed by atoms with Crippen molar-refractivity contribution in [3.05, 3.63) is 65.0 Å². The third-order valence-electron chi connectivity index (χ3n) is 5.30. The zero-order chi connectivity index (χ0) is 21.5. The fourth-order valence-electron chi connectivity index (χ4n) is 3.58. The van der Waals surface area contributed by atoms with E-state index < -0.39 is 0 Å². The summed E-state index contributed by atoms with van der Waals surface area (Å²) in [5.41, 5.74) is 0.930. The number of thioether (sulfide) groups is 1. The summed E-state index contributed by atoms with van der Waals surface area (Å²) in [5, 5.41) is 7.18. The van der Waals surface area contributed by atoms with Crippen molar-refractivity contribution in [1.29, 1.82) is 0 Å². The largest absolute Gasteiger partial charge is 0.355 e. The molecule has 1 amide bonds. The van der Waals surface area contributed by atoms with E-state index in [2.05, 4.69) is 48.4 Å². The summed E-state index contributed by atoms with van der Waals surface area (Å²) in [4.78, 5) is 20.5. The highest BCUT2D eigenvalue weighted by atomic mass is 79.9. The van der Waals surface area contributed by atoms with Gasteiger partial charge in [-0.1, -0.05) is 39.3 Å². The van der Waals surface area contributed by atoms with Crippen LogP contribution in [0, 0.1) is 5.92 Å². The molecule has 1 aliphatic rings. The molecule has 0 bridgehead atoms. The van der Waals surface area contributed by atoms with E-state index in [0.29, 0.717) is 24.8 Å². The van der Waals surface area contributed by atoms with Crippen molar-refractivity contribution in [3.8, 4) is 11.4 Å². The van der Waals surface area contributed by atoms with Crippen LogP contribution >= 0.6 is 27.7 Å². The highest BCUT2D eigenvalue weighted by Crippen LogP contribution is 2.22. The maximum atomic E-state index is 12.5. The van der Waals surface area contributed by atoms with Crippen molar-refractivity contribution >= 4 is 33.6 Å². The first-order valence-electron chi connectivity index (χ1n) is 10.4. The second-order valence-corrected chi connectivity index (χ2v) is 9.61. The van der Waals surface area contributed by atoms with Crippen LogP contribution in [0.4, 0.5) is 0 Å². The van der Waals surface area contributed by atoms with Crippen molar-refractivity contribution in [2.24, 2.45) is 5.92 Å². The third kappa shape index (κ3) is 6.41. The Bertz CT molecular complexity index is 973. The Hall–Kier alpha value is -2.16. The summed E-state index contributed by atoms with van der Waals surface area (Å²) in [6.07, 6.45) is 1.71. The van der Waals surface area contributed by atoms with Gasteiger partial charge in [0.05, 0.1) is 6.54 Å². The second-order valence-electron chi connectivity index (χ2n) is 7.52. The van der Waals surface area contributed by atoms with Crippen LogP contribution in [0.15, 0.2) is 68.5 Å². The van der Waals surface area contributed by atoms with Gasteiger partial charge in [0.25, 0.3) is 0 Å². The molecule has 0 aliphatic carbocycles. The number of nitrogens with one attached hydrogen (secondary N) is 1. The molecule has 1 aromatic heterocycles. The van der Waals surface area contributed by atoms with E-state index in [-0.39, 0.29) is 11.8 Å². The van der Waals surface area contributed by atoms with Gasteiger partial charge in [-0.25, -0.2) is 0 Å². The van der Waals surface area contributed by atoms with Crippen molar-refractivity contribution in [2.45, 2.75) is 24.3 Å². The van der Waals surface area contributed by atoms with Crippen LogP contribution in [0.2, 0.25) is 0 Å². The van der Waals surface area contributed by atoms with Gasteiger partial charge in [-0.05, 0) is 62.3 Å². The van der Waals surface area contributed by atoms with Gasteiger partial charge >= 0.3 is 0 Å². The first kappa shape index (κ1) is 22.0. The normalized spacial score (nSPS) is 15.1. The number of carbonyl (C=O) groups excluding carboxylic acids is 1. The molecule has 0 spiro atoms. The molecule has 2 aromatic carbocycles. The fraction of sp³-hybridized carbons (Fsp3) is 0.348. The van der Waals surface area contributed by atoms with Crippen LogP contribution in [0.1, 0.15) is 18.7 Å². The number of halogens is 1. The molecule has 1 saturated heterocycles. The maximum Gasteiger partial charge on any atom is 0.241 e. The Morgan fingerprint density at radius 3 is 2.61 bits per heavy atom. The Labute approximate surface area is 194 Å². The number of likely N-dealkylation sites (tertiary alicyclic amines) is 1. The molecular formula is C23H25BrN4O2S. The molecular weight excluding hydrogens is 476 g/mol. The Kier molecular flexibility index (Phi) is 7.77. The van der Waals surface area contributed by atoms with Crippen molar-refractivity contribution < 1.29 is 9.32 Å². The summed E-state index contributed by atoms with van der Waals surface area (Å²) in [6, 6.07) is 18.1. The topological polar surface area (TPSA) is 71.3 Å². The van der Waals surface area contributed by atoms with E-state index in [1.165, 1.54) is 4.90 Å². The lowest BCUT2D eigenvalue weighted by molar-refractivity contribution is -0.126. The molecule has 2 heterocycles. The number of hydrogen-bond acceptors (Lipinski definition) is 6. The lowest BCUT2D eigenvalue weighted by Gasteiger charge is -2.30. The Morgan fingerprint density at radius 2 is 1.87 bits per heavy atom. The van der Waals surface area contributed by atoms with Gasteiger partial charge in [0.2, 0.25) is 17.6 Å². The van der Waals surface area contributed by atoms with E-state index >= 15 is 0 Å². The minimum Gasteiger partial charge on any atom is -0.355 e. The molecule has 4 rings (SSSR count). The molecule has 8 heteroatoms. The third-order valence-corrected chi connectivity index (χ3v) is 6.84. The molecule has 3 aromatic rings.